The van der Waals surface area contributed by atoms with Gasteiger partial charge in [0.25, 0.3) is 0 Å². The summed E-state index contributed by atoms with van der Waals surface area (Å²) in [5.74, 6) is -0.290. The second kappa shape index (κ2) is 4.23. The molecule has 0 fully saturated rings. The summed E-state index contributed by atoms with van der Waals surface area (Å²) >= 11 is 11.1. The quantitative estimate of drug-likeness (QED) is 0.651. The molecule has 2 aromatic carbocycles. The lowest BCUT2D eigenvalue weighted by Crippen LogP contribution is -1.93. The number of benzene rings is 2. The van der Waals surface area contributed by atoms with Crippen LogP contribution in [-0.2, 0) is 0 Å². The van der Waals surface area contributed by atoms with Crippen LogP contribution in [0, 0.1) is 10.6 Å². The van der Waals surface area contributed by atoms with E-state index in [2.05, 4.69) is 4.98 Å². The van der Waals surface area contributed by atoms with Crippen molar-refractivity contribution in [2.75, 3.05) is 0 Å². The molecule has 0 spiro atoms. The fourth-order valence-electron chi connectivity index (χ4n) is 1.93. The van der Waals surface area contributed by atoms with Crippen LogP contribution in [0.25, 0.3) is 16.7 Å². The summed E-state index contributed by atoms with van der Waals surface area (Å²) in [6.07, 6.45) is 0. The van der Waals surface area contributed by atoms with Crippen LogP contribution in [0.1, 0.15) is 0 Å². The number of nitrogens with zero attached hydrogens (tertiary/aromatic N) is 1. The Bertz CT molecular complexity index is 774. The van der Waals surface area contributed by atoms with Crippen molar-refractivity contribution in [3.8, 4) is 5.69 Å². The highest BCUT2D eigenvalue weighted by atomic mass is 35.5. The van der Waals surface area contributed by atoms with Crippen LogP contribution < -0.4 is 0 Å². The molecule has 0 atom stereocenters. The summed E-state index contributed by atoms with van der Waals surface area (Å²) in [5.41, 5.74) is 2.40. The second-order valence-corrected chi connectivity index (χ2v) is 4.73. The van der Waals surface area contributed by atoms with Gasteiger partial charge in [-0.2, -0.15) is 0 Å². The number of rotatable bonds is 1. The van der Waals surface area contributed by atoms with Crippen LogP contribution in [-0.4, -0.2) is 9.55 Å². The summed E-state index contributed by atoms with van der Waals surface area (Å²) < 4.78 is 15.5. The van der Waals surface area contributed by atoms with E-state index in [9.17, 15) is 4.39 Å². The third-order valence-corrected chi connectivity index (χ3v) is 3.27. The van der Waals surface area contributed by atoms with Gasteiger partial charge in [0, 0.05) is 10.7 Å². The fourth-order valence-corrected chi connectivity index (χ4v) is 2.37. The van der Waals surface area contributed by atoms with Gasteiger partial charge in [0.15, 0.2) is 4.77 Å². The van der Waals surface area contributed by atoms with E-state index in [4.69, 9.17) is 23.8 Å². The van der Waals surface area contributed by atoms with Crippen LogP contribution in [0.15, 0.2) is 42.5 Å². The number of fused-ring (bicyclic) bond motifs is 1. The van der Waals surface area contributed by atoms with Crippen LogP contribution in [0.5, 0.6) is 0 Å². The predicted octanol–water partition coefficient (Wildman–Crippen LogP) is 4.48. The van der Waals surface area contributed by atoms with Crippen LogP contribution >= 0.6 is 23.8 Å². The van der Waals surface area contributed by atoms with Crippen molar-refractivity contribution in [3.63, 3.8) is 0 Å². The molecule has 3 aromatic rings. The number of H-pyrrole nitrogens is 1. The highest BCUT2D eigenvalue weighted by molar-refractivity contribution is 7.71. The minimum absolute atomic E-state index is 0.290. The average Bonchev–Trinajstić information content (AvgIpc) is 2.65. The molecule has 0 unspecified atom stereocenters. The third kappa shape index (κ3) is 1.83. The molecule has 1 heterocycles. The maximum atomic E-state index is 13.2. The molecule has 3 rings (SSSR count). The Hall–Kier alpha value is -1.65. The lowest BCUT2D eigenvalue weighted by Gasteiger charge is -2.04. The Morgan fingerprint density at radius 3 is 2.56 bits per heavy atom. The summed E-state index contributed by atoms with van der Waals surface area (Å²) in [7, 11) is 0. The third-order valence-electron chi connectivity index (χ3n) is 2.73. The van der Waals surface area contributed by atoms with Crippen molar-refractivity contribution >= 4 is 34.9 Å². The molecule has 90 valence electrons. The maximum absolute atomic E-state index is 13.2. The minimum Gasteiger partial charge on any atom is -0.330 e. The van der Waals surface area contributed by atoms with Gasteiger partial charge in [-0.05, 0) is 54.7 Å². The molecular formula is C13H8ClFN2S. The van der Waals surface area contributed by atoms with Crippen LogP contribution in [0.2, 0.25) is 5.02 Å². The Labute approximate surface area is 113 Å². The van der Waals surface area contributed by atoms with Gasteiger partial charge in [-0.1, -0.05) is 11.6 Å². The molecule has 0 aliphatic carbocycles. The molecule has 1 aromatic heterocycles. The van der Waals surface area contributed by atoms with Crippen molar-refractivity contribution in [2.24, 2.45) is 0 Å². The van der Waals surface area contributed by atoms with E-state index in [1.165, 1.54) is 12.1 Å². The molecule has 0 saturated carbocycles. The highest BCUT2D eigenvalue weighted by Crippen LogP contribution is 2.21. The van der Waals surface area contributed by atoms with Crippen LogP contribution in [0.3, 0.4) is 0 Å². The van der Waals surface area contributed by atoms with Crippen LogP contribution in [0.4, 0.5) is 4.39 Å². The number of aromatic nitrogens is 2. The van der Waals surface area contributed by atoms with Gasteiger partial charge in [0.05, 0.1) is 11.0 Å². The van der Waals surface area contributed by atoms with E-state index in [0.717, 1.165) is 11.2 Å². The van der Waals surface area contributed by atoms with E-state index in [0.29, 0.717) is 15.3 Å². The monoisotopic (exact) mass is 278 g/mol. The summed E-state index contributed by atoms with van der Waals surface area (Å²) in [6, 6.07) is 11.9. The minimum atomic E-state index is -0.290. The van der Waals surface area contributed by atoms with Crippen molar-refractivity contribution in [1.82, 2.24) is 9.55 Å². The zero-order chi connectivity index (χ0) is 12.7. The second-order valence-electron chi connectivity index (χ2n) is 3.90. The number of hydrogen-bond acceptors (Lipinski definition) is 1. The van der Waals surface area contributed by atoms with Crippen molar-refractivity contribution in [3.05, 3.63) is 58.1 Å². The van der Waals surface area contributed by atoms with Gasteiger partial charge in [-0.25, -0.2) is 4.39 Å². The molecule has 18 heavy (non-hydrogen) atoms. The SMILES string of the molecule is Fc1ccc2c(c1)[nH]c(=S)n2-c1ccc(Cl)cc1. The zero-order valence-corrected chi connectivity index (χ0v) is 10.7. The first-order valence-electron chi connectivity index (χ1n) is 5.31. The molecule has 0 bridgehead atoms. The zero-order valence-electron chi connectivity index (χ0n) is 9.15. The number of nitrogens with one attached hydrogen (secondary N) is 1. The Balaban J connectivity index is 2.32. The summed E-state index contributed by atoms with van der Waals surface area (Å²) in [4.78, 5) is 2.99. The number of halogens is 2. The Kier molecular flexibility index (Phi) is 2.69. The van der Waals surface area contributed by atoms with Crippen molar-refractivity contribution in [2.45, 2.75) is 0 Å². The van der Waals surface area contributed by atoms with Gasteiger partial charge < -0.3 is 4.98 Å². The number of imidazole rings is 1. The summed E-state index contributed by atoms with van der Waals surface area (Å²) in [6.45, 7) is 0. The number of aromatic amines is 1. The smallest absolute Gasteiger partial charge is 0.182 e. The molecule has 0 aliphatic heterocycles. The van der Waals surface area contributed by atoms with Crippen molar-refractivity contribution < 1.29 is 4.39 Å². The van der Waals surface area contributed by atoms with Gasteiger partial charge >= 0.3 is 0 Å². The molecule has 5 heteroatoms. The Morgan fingerprint density at radius 1 is 1.11 bits per heavy atom. The predicted molar refractivity (Wildman–Crippen MR) is 73.4 cm³/mol. The number of hydrogen-bond donors (Lipinski definition) is 1. The van der Waals surface area contributed by atoms with Crippen molar-refractivity contribution in [1.29, 1.82) is 0 Å². The normalized spacial score (nSPS) is 11.0. The topological polar surface area (TPSA) is 20.7 Å². The molecule has 1 N–H and O–H groups in total. The van der Waals surface area contributed by atoms with Gasteiger partial charge in [0.1, 0.15) is 5.82 Å². The largest absolute Gasteiger partial charge is 0.330 e. The van der Waals surface area contributed by atoms with Gasteiger partial charge in [-0.15, -0.1) is 0 Å². The first-order chi connectivity index (χ1) is 8.65. The molecular weight excluding hydrogens is 271 g/mol. The molecule has 2 nitrogen and oxygen atoms in total. The van der Waals surface area contributed by atoms with E-state index in [1.807, 2.05) is 16.7 Å². The average molecular weight is 279 g/mol. The standard InChI is InChI=1S/C13H8ClFN2S/c14-8-1-4-10(5-2-8)17-12-6-3-9(15)7-11(12)16-13(17)18/h1-7H,(H,16,18). The molecule has 0 saturated heterocycles. The first kappa shape index (κ1) is 11.4. The lowest BCUT2D eigenvalue weighted by atomic mass is 10.3. The molecule has 0 radical (unpaired) electrons. The van der Waals surface area contributed by atoms with E-state index >= 15 is 0 Å². The van der Waals surface area contributed by atoms with Gasteiger partial charge in [0.2, 0.25) is 0 Å². The van der Waals surface area contributed by atoms with E-state index in [1.54, 1.807) is 18.2 Å². The first-order valence-corrected chi connectivity index (χ1v) is 6.10. The van der Waals surface area contributed by atoms with Gasteiger partial charge in [-0.3, -0.25) is 4.57 Å². The van der Waals surface area contributed by atoms with E-state index < -0.39 is 0 Å². The molecule has 0 amide bonds. The lowest BCUT2D eigenvalue weighted by molar-refractivity contribution is 0.629. The van der Waals surface area contributed by atoms with E-state index in [-0.39, 0.29) is 5.82 Å². The maximum Gasteiger partial charge on any atom is 0.182 e. The molecule has 0 aliphatic rings. The summed E-state index contributed by atoms with van der Waals surface area (Å²) in [5, 5.41) is 0.663. The highest BCUT2D eigenvalue weighted by Gasteiger charge is 2.07. The fraction of sp³-hybridized carbons (Fsp3) is 0. The Morgan fingerprint density at radius 2 is 1.83 bits per heavy atom.